The monoisotopic (exact) mass is 437 g/mol. The number of anilines is 2. The van der Waals surface area contributed by atoms with E-state index >= 15 is 0 Å². The van der Waals surface area contributed by atoms with Gasteiger partial charge in [0.05, 0.1) is 4.90 Å². The van der Waals surface area contributed by atoms with Gasteiger partial charge in [0.25, 0.3) is 0 Å². The van der Waals surface area contributed by atoms with Gasteiger partial charge in [0, 0.05) is 22.1 Å². The largest absolute Gasteiger partial charge is 0.744 e. The number of phenolic OH excluding ortho intramolecular Hbond substituents is 2. The second-order valence-electron chi connectivity index (χ2n) is 7.13. The number of urea groups is 1. The van der Waals surface area contributed by atoms with E-state index in [2.05, 4.69) is 10.6 Å². The fourth-order valence-corrected chi connectivity index (χ4v) is 3.94. The van der Waals surface area contributed by atoms with Gasteiger partial charge >= 0.3 is 6.03 Å². The quantitative estimate of drug-likeness (QED) is 0.353. The summed E-state index contributed by atoms with van der Waals surface area (Å²) in [7, 11) is -4.75. The molecule has 0 fully saturated rings. The van der Waals surface area contributed by atoms with Crippen LogP contribution in [0.4, 0.5) is 16.2 Å². The normalized spacial score (nSPS) is 11.5. The number of rotatable bonds is 3. The van der Waals surface area contributed by atoms with Crippen LogP contribution in [0.5, 0.6) is 11.5 Å². The predicted octanol–water partition coefficient (Wildman–Crippen LogP) is 4.26. The lowest BCUT2D eigenvalue weighted by Gasteiger charge is -2.12. The number of nitrogens with one attached hydrogen (secondary N) is 2. The van der Waals surface area contributed by atoms with Gasteiger partial charge in [-0.3, -0.25) is 0 Å². The lowest BCUT2D eigenvalue weighted by molar-refractivity contribution is 0.262. The summed E-state index contributed by atoms with van der Waals surface area (Å²) >= 11 is 0. The average molecular weight is 437 g/mol. The van der Waals surface area contributed by atoms with Crippen molar-refractivity contribution in [3.8, 4) is 11.5 Å². The Morgan fingerprint density at radius 2 is 1.32 bits per heavy atom. The van der Waals surface area contributed by atoms with Crippen LogP contribution in [-0.2, 0) is 10.1 Å². The van der Waals surface area contributed by atoms with Gasteiger partial charge in [0.2, 0.25) is 0 Å². The van der Waals surface area contributed by atoms with E-state index in [9.17, 15) is 28.0 Å². The van der Waals surface area contributed by atoms with Crippen molar-refractivity contribution in [1.82, 2.24) is 0 Å². The second kappa shape index (κ2) is 7.46. The SMILES string of the molecule is Cc1cc(O)c2ccc(NC(=O)Nc3ccc4c(O)cc(S(=O)(=O)[O-])cc4c3)cc2c1. The van der Waals surface area contributed by atoms with Gasteiger partial charge < -0.3 is 25.4 Å². The highest BCUT2D eigenvalue weighted by molar-refractivity contribution is 7.85. The second-order valence-corrected chi connectivity index (χ2v) is 8.51. The molecule has 0 bridgehead atoms. The van der Waals surface area contributed by atoms with Crippen LogP contribution in [-0.4, -0.2) is 29.2 Å². The molecule has 4 aromatic carbocycles. The topological polar surface area (TPSA) is 139 Å². The smallest absolute Gasteiger partial charge is 0.323 e. The third-order valence-electron chi connectivity index (χ3n) is 4.78. The number of hydrogen-bond acceptors (Lipinski definition) is 6. The van der Waals surface area contributed by atoms with Crippen molar-refractivity contribution in [2.24, 2.45) is 0 Å². The molecule has 0 saturated carbocycles. The molecule has 31 heavy (non-hydrogen) atoms. The number of aromatic hydroxyl groups is 2. The van der Waals surface area contributed by atoms with E-state index in [4.69, 9.17) is 0 Å². The van der Waals surface area contributed by atoms with Crippen LogP contribution >= 0.6 is 0 Å². The van der Waals surface area contributed by atoms with E-state index < -0.39 is 21.0 Å². The van der Waals surface area contributed by atoms with E-state index in [1.54, 1.807) is 24.3 Å². The predicted molar refractivity (Wildman–Crippen MR) is 117 cm³/mol. The molecule has 0 atom stereocenters. The Hall–Kier alpha value is -3.82. The third-order valence-corrected chi connectivity index (χ3v) is 5.60. The number of carbonyl (C=O) groups excluding carboxylic acids is 1. The summed E-state index contributed by atoms with van der Waals surface area (Å²) in [6.45, 7) is 1.85. The van der Waals surface area contributed by atoms with Gasteiger partial charge in [-0.05, 0) is 77.9 Å². The first-order valence-electron chi connectivity index (χ1n) is 9.14. The molecule has 2 amide bonds. The van der Waals surface area contributed by atoms with Gasteiger partial charge in [-0.25, -0.2) is 13.2 Å². The molecule has 4 N–H and O–H groups in total. The Bertz CT molecular complexity index is 1460. The maximum atomic E-state index is 12.4. The Labute approximate surface area is 177 Å². The Morgan fingerprint density at radius 1 is 0.806 bits per heavy atom. The van der Waals surface area contributed by atoms with Gasteiger partial charge in [0.1, 0.15) is 21.6 Å². The van der Waals surface area contributed by atoms with Gasteiger partial charge in [-0.1, -0.05) is 6.07 Å². The molecule has 0 aliphatic rings. The fourth-order valence-electron chi connectivity index (χ4n) is 3.41. The van der Waals surface area contributed by atoms with Crippen molar-refractivity contribution >= 4 is 49.1 Å². The van der Waals surface area contributed by atoms with Crippen molar-refractivity contribution in [2.75, 3.05) is 10.6 Å². The Kier molecular flexibility index (Phi) is 4.92. The zero-order valence-electron chi connectivity index (χ0n) is 16.2. The molecule has 158 valence electrons. The van der Waals surface area contributed by atoms with Crippen LogP contribution in [0.15, 0.2) is 65.6 Å². The molecule has 0 radical (unpaired) electrons. The summed E-state index contributed by atoms with van der Waals surface area (Å²) in [5, 5.41) is 27.4. The highest BCUT2D eigenvalue weighted by Crippen LogP contribution is 2.31. The molecular formula is C22H17N2O6S-. The fraction of sp³-hybridized carbons (Fsp3) is 0.0455. The zero-order valence-corrected chi connectivity index (χ0v) is 17.0. The Balaban J connectivity index is 1.59. The van der Waals surface area contributed by atoms with E-state index in [1.165, 1.54) is 18.2 Å². The minimum atomic E-state index is -4.75. The van der Waals surface area contributed by atoms with Crippen LogP contribution in [0.25, 0.3) is 21.5 Å². The molecule has 0 aliphatic heterocycles. The van der Waals surface area contributed by atoms with Crippen LogP contribution in [0.1, 0.15) is 5.56 Å². The molecule has 0 heterocycles. The molecule has 4 aromatic rings. The summed E-state index contributed by atoms with van der Waals surface area (Å²) in [4.78, 5) is 11.9. The van der Waals surface area contributed by atoms with Crippen LogP contribution in [0, 0.1) is 6.92 Å². The van der Waals surface area contributed by atoms with E-state index in [0.717, 1.165) is 23.1 Å². The van der Waals surface area contributed by atoms with Crippen LogP contribution in [0.3, 0.4) is 0 Å². The molecule has 0 saturated heterocycles. The molecule has 4 rings (SSSR count). The number of benzene rings is 4. The summed E-state index contributed by atoms with van der Waals surface area (Å²) in [5.74, 6) is -0.192. The molecule has 9 heteroatoms. The van der Waals surface area contributed by atoms with Crippen molar-refractivity contribution < 1.29 is 28.0 Å². The number of hydrogen-bond donors (Lipinski definition) is 4. The van der Waals surface area contributed by atoms with E-state index in [-0.39, 0.29) is 16.9 Å². The lowest BCUT2D eigenvalue weighted by Crippen LogP contribution is -2.19. The summed E-state index contributed by atoms with van der Waals surface area (Å²) in [6.07, 6.45) is 0. The highest BCUT2D eigenvalue weighted by atomic mass is 32.2. The maximum absolute atomic E-state index is 12.4. The summed E-state index contributed by atoms with van der Waals surface area (Å²) < 4.78 is 33.8. The third kappa shape index (κ3) is 4.23. The highest BCUT2D eigenvalue weighted by Gasteiger charge is 2.10. The zero-order chi connectivity index (χ0) is 22.3. The lowest BCUT2D eigenvalue weighted by atomic mass is 10.1. The first-order valence-corrected chi connectivity index (χ1v) is 10.5. The van der Waals surface area contributed by atoms with Crippen molar-refractivity contribution in [1.29, 1.82) is 0 Å². The van der Waals surface area contributed by atoms with Gasteiger partial charge in [-0.2, -0.15) is 0 Å². The van der Waals surface area contributed by atoms with Crippen molar-refractivity contribution in [3.63, 3.8) is 0 Å². The standard InChI is InChI=1S/C22H18N2O6S/c1-12-6-13-8-15(2-4-18(13)20(25)7-12)23-22(27)24-16-3-5-19-14(9-16)10-17(11-21(19)26)31(28,29)30/h2-11,25-26H,1H3,(H2,23,24,27)(H,28,29,30)/p-1. The molecular weight excluding hydrogens is 420 g/mol. The number of phenols is 2. The summed E-state index contributed by atoms with van der Waals surface area (Å²) in [5.41, 5.74) is 1.72. The number of amides is 2. The first-order chi connectivity index (χ1) is 14.6. The van der Waals surface area contributed by atoms with E-state index in [0.29, 0.717) is 22.1 Å². The molecule has 0 spiro atoms. The Morgan fingerprint density at radius 3 is 1.87 bits per heavy atom. The van der Waals surface area contributed by atoms with Gasteiger partial charge in [0.15, 0.2) is 0 Å². The van der Waals surface area contributed by atoms with Crippen LogP contribution in [0.2, 0.25) is 0 Å². The maximum Gasteiger partial charge on any atom is 0.323 e. The van der Waals surface area contributed by atoms with Gasteiger partial charge in [-0.15, -0.1) is 0 Å². The van der Waals surface area contributed by atoms with Crippen molar-refractivity contribution in [3.05, 3.63) is 66.2 Å². The molecule has 0 unspecified atom stereocenters. The minimum absolute atomic E-state index is 0.157. The molecule has 8 nitrogen and oxygen atoms in total. The summed E-state index contributed by atoms with van der Waals surface area (Å²) in [6, 6.07) is 14.6. The number of fused-ring (bicyclic) bond motifs is 2. The molecule has 0 aromatic heterocycles. The number of aryl methyl sites for hydroxylation is 1. The van der Waals surface area contributed by atoms with Crippen molar-refractivity contribution in [2.45, 2.75) is 11.8 Å². The molecule has 0 aliphatic carbocycles. The van der Waals surface area contributed by atoms with E-state index in [1.807, 2.05) is 13.0 Å². The first kappa shape index (κ1) is 20.5. The van der Waals surface area contributed by atoms with Crippen LogP contribution < -0.4 is 10.6 Å². The minimum Gasteiger partial charge on any atom is -0.744 e. The number of carbonyl (C=O) groups is 1. The average Bonchev–Trinajstić information content (AvgIpc) is 2.66.